The fourth-order valence-corrected chi connectivity index (χ4v) is 2.07. The van der Waals surface area contributed by atoms with Crippen molar-refractivity contribution < 1.29 is 23.0 Å². The molecular formula is C14H10F3N3O4. The molecule has 0 saturated heterocycles. The molecule has 0 heterocycles. The zero-order valence-electron chi connectivity index (χ0n) is 11.9. The fourth-order valence-electron chi connectivity index (χ4n) is 2.07. The van der Waals surface area contributed by atoms with Crippen LogP contribution in [-0.2, 0) is 12.7 Å². The Balaban J connectivity index is 2.29. The Bertz CT molecular complexity index is 793. The van der Waals surface area contributed by atoms with Gasteiger partial charge in [0.2, 0.25) is 0 Å². The van der Waals surface area contributed by atoms with Gasteiger partial charge in [-0.15, -0.1) is 0 Å². The number of benzene rings is 2. The summed E-state index contributed by atoms with van der Waals surface area (Å²) in [4.78, 5) is 19.9. The lowest BCUT2D eigenvalue weighted by Gasteiger charge is -2.11. The van der Waals surface area contributed by atoms with Crippen LogP contribution in [0.4, 0.5) is 30.2 Å². The zero-order valence-corrected chi connectivity index (χ0v) is 11.9. The molecule has 2 rings (SSSR count). The second kappa shape index (κ2) is 6.52. The van der Waals surface area contributed by atoms with E-state index in [0.717, 1.165) is 12.1 Å². The monoisotopic (exact) mass is 341 g/mol. The predicted molar refractivity (Wildman–Crippen MR) is 78.5 cm³/mol. The molecule has 0 atom stereocenters. The molecule has 7 nitrogen and oxygen atoms in total. The van der Waals surface area contributed by atoms with E-state index in [0.29, 0.717) is 6.07 Å². The number of nitro groups is 2. The van der Waals surface area contributed by atoms with Crippen molar-refractivity contribution in [3.63, 3.8) is 0 Å². The van der Waals surface area contributed by atoms with Gasteiger partial charge in [-0.25, -0.2) is 0 Å². The zero-order chi connectivity index (χ0) is 17.9. The third-order valence-electron chi connectivity index (χ3n) is 3.17. The number of hydrogen-bond acceptors (Lipinski definition) is 5. The van der Waals surface area contributed by atoms with E-state index < -0.39 is 27.3 Å². The number of nitro benzene ring substituents is 2. The third kappa shape index (κ3) is 3.77. The molecule has 1 N–H and O–H groups in total. The van der Waals surface area contributed by atoms with Gasteiger partial charge in [0.15, 0.2) is 0 Å². The molecule has 0 aliphatic rings. The van der Waals surface area contributed by atoms with Crippen LogP contribution in [0.2, 0.25) is 0 Å². The van der Waals surface area contributed by atoms with Crippen LogP contribution in [0.25, 0.3) is 0 Å². The second-order valence-electron chi connectivity index (χ2n) is 4.73. The Morgan fingerprint density at radius 2 is 1.58 bits per heavy atom. The summed E-state index contributed by atoms with van der Waals surface area (Å²) in [5.74, 6) is 0. The molecule has 0 saturated carbocycles. The van der Waals surface area contributed by atoms with Crippen LogP contribution in [0.15, 0.2) is 42.5 Å². The lowest BCUT2D eigenvalue weighted by molar-refractivity contribution is -0.388. The highest BCUT2D eigenvalue weighted by molar-refractivity contribution is 5.56. The normalized spacial score (nSPS) is 11.1. The highest BCUT2D eigenvalue weighted by Gasteiger charge is 2.38. The highest BCUT2D eigenvalue weighted by atomic mass is 19.4. The highest BCUT2D eigenvalue weighted by Crippen LogP contribution is 2.37. The third-order valence-corrected chi connectivity index (χ3v) is 3.17. The molecule has 0 aliphatic heterocycles. The van der Waals surface area contributed by atoms with Gasteiger partial charge >= 0.3 is 6.18 Å². The van der Waals surface area contributed by atoms with Gasteiger partial charge in [-0.2, -0.15) is 13.2 Å². The molecule has 2 aromatic rings. The summed E-state index contributed by atoms with van der Waals surface area (Å²) in [6.07, 6.45) is -4.89. The Hall–Kier alpha value is -3.17. The summed E-state index contributed by atoms with van der Waals surface area (Å²) in [5.41, 5.74) is -2.39. The second-order valence-corrected chi connectivity index (χ2v) is 4.73. The van der Waals surface area contributed by atoms with Crippen molar-refractivity contribution >= 4 is 17.1 Å². The van der Waals surface area contributed by atoms with E-state index in [1.54, 1.807) is 6.07 Å². The van der Waals surface area contributed by atoms with Gasteiger partial charge in [0.05, 0.1) is 9.85 Å². The maximum atomic E-state index is 12.9. The van der Waals surface area contributed by atoms with Crippen molar-refractivity contribution in [1.29, 1.82) is 0 Å². The minimum atomic E-state index is -4.89. The first-order valence-electron chi connectivity index (χ1n) is 6.52. The molecule has 10 heteroatoms. The number of rotatable bonds is 5. The summed E-state index contributed by atoms with van der Waals surface area (Å²) in [7, 11) is 0. The fraction of sp³-hybridized carbons (Fsp3) is 0.143. The first-order chi connectivity index (χ1) is 11.2. The van der Waals surface area contributed by atoms with Gasteiger partial charge in [0.25, 0.3) is 11.4 Å². The molecule has 0 amide bonds. The van der Waals surface area contributed by atoms with Gasteiger partial charge in [0, 0.05) is 29.9 Å². The van der Waals surface area contributed by atoms with Gasteiger partial charge in [0.1, 0.15) is 5.56 Å². The topological polar surface area (TPSA) is 98.3 Å². The average Bonchev–Trinajstić information content (AvgIpc) is 2.51. The molecule has 2 aromatic carbocycles. The van der Waals surface area contributed by atoms with E-state index in [4.69, 9.17) is 0 Å². The Kier molecular flexibility index (Phi) is 4.67. The van der Waals surface area contributed by atoms with Gasteiger partial charge in [-0.1, -0.05) is 18.2 Å². The molecule has 0 bridgehead atoms. The van der Waals surface area contributed by atoms with Crippen molar-refractivity contribution in [2.45, 2.75) is 12.7 Å². The van der Waals surface area contributed by atoms with Gasteiger partial charge in [-0.3, -0.25) is 20.2 Å². The minimum Gasteiger partial charge on any atom is -0.381 e. The van der Waals surface area contributed by atoms with Crippen LogP contribution in [-0.4, -0.2) is 9.85 Å². The van der Waals surface area contributed by atoms with Crippen LogP contribution in [0.3, 0.4) is 0 Å². The lowest BCUT2D eigenvalue weighted by atomic mass is 10.1. The van der Waals surface area contributed by atoms with Crippen LogP contribution >= 0.6 is 0 Å². The average molecular weight is 341 g/mol. The molecule has 0 aliphatic carbocycles. The van der Waals surface area contributed by atoms with E-state index in [1.807, 2.05) is 0 Å². The maximum absolute atomic E-state index is 12.9. The number of hydrogen-bond donors (Lipinski definition) is 1. The van der Waals surface area contributed by atoms with Crippen molar-refractivity contribution in [1.82, 2.24) is 0 Å². The quantitative estimate of drug-likeness (QED) is 0.651. The molecule has 126 valence electrons. The van der Waals surface area contributed by atoms with Crippen LogP contribution < -0.4 is 5.32 Å². The molecule has 0 spiro atoms. The maximum Gasteiger partial charge on any atom is 0.423 e. The van der Waals surface area contributed by atoms with Gasteiger partial charge in [-0.05, 0) is 12.1 Å². The number of para-hydroxylation sites is 1. The summed E-state index contributed by atoms with van der Waals surface area (Å²) in [6, 6.07) is 8.21. The summed E-state index contributed by atoms with van der Waals surface area (Å²) in [5, 5.41) is 24.2. The van der Waals surface area contributed by atoms with Gasteiger partial charge < -0.3 is 5.32 Å². The molecule has 0 radical (unpaired) electrons. The predicted octanol–water partition coefficient (Wildman–Crippen LogP) is 4.13. The van der Waals surface area contributed by atoms with E-state index in [-0.39, 0.29) is 23.5 Å². The number of nitrogens with one attached hydrogen (secondary N) is 1. The molecular weight excluding hydrogens is 331 g/mol. The lowest BCUT2D eigenvalue weighted by Crippen LogP contribution is -2.10. The van der Waals surface area contributed by atoms with E-state index in [9.17, 15) is 33.4 Å². The minimum absolute atomic E-state index is 0.0360. The number of halogens is 3. The van der Waals surface area contributed by atoms with Crippen LogP contribution in [0.1, 0.15) is 11.1 Å². The molecule has 0 aromatic heterocycles. The Labute approximate surface area is 133 Å². The molecule has 0 unspecified atom stereocenters. The smallest absolute Gasteiger partial charge is 0.381 e. The summed E-state index contributed by atoms with van der Waals surface area (Å²) in [6.45, 7) is -0.105. The van der Waals surface area contributed by atoms with Crippen molar-refractivity contribution in [2.75, 3.05) is 5.32 Å². The Morgan fingerprint density at radius 3 is 2.17 bits per heavy atom. The van der Waals surface area contributed by atoms with Crippen molar-refractivity contribution in [3.8, 4) is 0 Å². The largest absolute Gasteiger partial charge is 0.423 e. The van der Waals surface area contributed by atoms with E-state index in [1.165, 1.54) is 18.2 Å². The van der Waals surface area contributed by atoms with E-state index in [2.05, 4.69) is 5.32 Å². The van der Waals surface area contributed by atoms with Crippen LogP contribution in [0, 0.1) is 20.2 Å². The number of alkyl halides is 3. The molecule has 0 fully saturated rings. The summed E-state index contributed by atoms with van der Waals surface area (Å²) < 4.78 is 38.7. The number of anilines is 1. The SMILES string of the molecule is O=[N+]([O-])c1ccccc1CNc1ccc([N+](=O)[O-])c(C(F)(F)F)c1. The van der Waals surface area contributed by atoms with Crippen molar-refractivity contribution in [3.05, 3.63) is 73.8 Å². The van der Waals surface area contributed by atoms with Crippen LogP contribution in [0.5, 0.6) is 0 Å². The van der Waals surface area contributed by atoms with E-state index >= 15 is 0 Å². The first kappa shape index (κ1) is 17.2. The molecule has 24 heavy (non-hydrogen) atoms. The van der Waals surface area contributed by atoms with Crippen molar-refractivity contribution in [2.24, 2.45) is 0 Å². The summed E-state index contributed by atoms with van der Waals surface area (Å²) >= 11 is 0. The Morgan fingerprint density at radius 1 is 0.958 bits per heavy atom. The standard InChI is InChI=1S/C14H10F3N3O4/c15-14(16,17)11-7-10(5-6-13(11)20(23)24)18-8-9-3-1-2-4-12(9)19(21)22/h1-7,18H,8H2. The number of nitrogens with zero attached hydrogens (tertiary/aromatic N) is 2. The first-order valence-corrected chi connectivity index (χ1v) is 6.52.